The molecule has 1 aromatic heterocycles. The first kappa shape index (κ1) is 10.7. The molecule has 88 valence electrons. The Morgan fingerprint density at radius 3 is 2.65 bits per heavy atom. The minimum atomic E-state index is -0.791. The molecule has 1 unspecified atom stereocenters. The fraction of sp³-hybridized carbons (Fsp3) is 0.400. The lowest BCUT2D eigenvalue weighted by Gasteiger charge is -2.31. The van der Waals surface area contributed by atoms with Crippen molar-refractivity contribution < 1.29 is 5.11 Å². The van der Waals surface area contributed by atoms with Crippen LogP contribution in [0.2, 0.25) is 0 Å². The van der Waals surface area contributed by atoms with E-state index in [-0.39, 0.29) is 5.41 Å². The minimum Gasteiger partial charge on any atom is -0.385 e. The first-order valence-corrected chi connectivity index (χ1v) is 6.11. The van der Waals surface area contributed by atoms with Gasteiger partial charge in [0.25, 0.3) is 0 Å². The second kappa shape index (κ2) is 3.30. The molecule has 2 heteroatoms. The van der Waals surface area contributed by atoms with E-state index in [4.69, 9.17) is 0 Å². The second-order valence-corrected chi connectivity index (χ2v) is 5.51. The molecule has 0 amide bonds. The van der Waals surface area contributed by atoms with Crippen LogP contribution in [0, 0.1) is 5.41 Å². The molecule has 1 aromatic carbocycles. The van der Waals surface area contributed by atoms with Crippen LogP contribution < -0.4 is 0 Å². The van der Waals surface area contributed by atoms with Gasteiger partial charge in [-0.2, -0.15) is 0 Å². The Kier molecular flexibility index (Phi) is 2.08. The highest BCUT2D eigenvalue weighted by Crippen LogP contribution is 2.58. The van der Waals surface area contributed by atoms with Gasteiger partial charge in [-0.25, -0.2) is 0 Å². The standard InChI is InChI=1S/C15H17NO/c1-14(8-9-14)15(2,17)12-7-3-5-11-6-4-10-16-13(11)12/h3-7,10,17H,8-9H2,1-2H3. The van der Waals surface area contributed by atoms with Crippen molar-refractivity contribution in [1.82, 2.24) is 4.98 Å². The molecule has 0 spiro atoms. The summed E-state index contributed by atoms with van der Waals surface area (Å²) in [4.78, 5) is 4.43. The molecule has 2 nitrogen and oxygen atoms in total. The van der Waals surface area contributed by atoms with Gasteiger partial charge in [0.05, 0.1) is 11.1 Å². The summed E-state index contributed by atoms with van der Waals surface area (Å²) in [6.45, 7) is 4.07. The molecule has 0 bridgehead atoms. The first-order valence-electron chi connectivity index (χ1n) is 6.11. The average Bonchev–Trinajstić information content (AvgIpc) is 3.08. The van der Waals surface area contributed by atoms with Gasteiger partial charge in [0, 0.05) is 22.6 Å². The van der Waals surface area contributed by atoms with Crippen LogP contribution in [0.15, 0.2) is 36.5 Å². The van der Waals surface area contributed by atoms with Gasteiger partial charge in [0.2, 0.25) is 0 Å². The SMILES string of the molecule is CC1(C(C)(O)c2cccc3cccnc23)CC1. The molecule has 0 saturated heterocycles. The van der Waals surface area contributed by atoms with Crippen LogP contribution in [-0.2, 0) is 5.60 Å². The van der Waals surface area contributed by atoms with E-state index in [0.29, 0.717) is 0 Å². The predicted octanol–water partition coefficient (Wildman–Crippen LogP) is 3.24. The summed E-state index contributed by atoms with van der Waals surface area (Å²) < 4.78 is 0. The zero-order valence-electron chi connectivity index (χ0n) is 10.3. The van der Waals surface area contributed by atoms with Crippen LogP contribution in [0.3, 0.4) is 0 Å². The van der Waals surface area contributed by atoms with Gasteiger partial charge < -0.3 is 5.11 Å². The number of hydrogen-bond acceptors (Lipinski definition) is 2. The van der Waals surface area contributed by atoms with E-state index in [1.165, 1.54) is 0 Å². The lowest BCUT2D eigenvalue weighted by atomic mass is 9.80. The Bertz CT molecular complexity index is 565. The van der Waals surface area contributed by atoms with Crippen LogP contribution in [0.1, 0.15) is 32.3 Å². The number of pyridine rings is 1. The normalized spacial score (nSPS) is 21.1. The van der Waals surface area contributed by atoms with E-state index in [9.17, 15) is 5.11 Å². The molecule has 2 aromatic rings. The number of fused-ring (bicyclic) bond motifs is 1. The van der Waals surface area contributed by atoms with Crippen LogP contribution in [0.5, 0.6) is 0 Å². The number of hydrogen-bond donors (Lipinski definition) is 1. The molecule has 1 fully saturated rings. The molecule has 3 rings (SSSR count). The number of aromatic nitrogens is 1. The summed E-state index contributed by atoms with van der Waals surface area (Å²) in [5, 5.41) is 11.9. The molecule has 1 heterocycles. The Morgan fingerprint density at radius 2 is 1.94 bits per heavy atom. The van der Waals surface area contributed by atoms with E-state index >= 15 is 0 Å². The highest BCUT2D eigenvalue weighted by Gasteiger charge is 2.53. The van der Waals surface area contributed by atoms with Crippen molar-refractivity contribution in [2.45, 2.75) is 32.3 Å². The lowest BCUT2D eigenvalue weighted by Crippen LogP contribution is -2.31. The maximum atomic E-state index is 10.8. The van der Waals surface area contributed by atoms with Crippen molar-refractivity contribution in [3.05, 3.63) is 42.1 Å². The van der Waals surface area contributed by atoms with E-state index < -0.39 is 5.60 Å². The molecule has 17 heavy (non-hydrogen) atoms. The predicted molar refractivity (Wildman–Crippen MR) is 68.7 cm³/mol. The van der Waals surface area contributed by atoms with Gasteiger partial charge in [-0.3, -0.25) is 4.98 Å². The summed E-state index contributed by atoms with van der Waals surface area (Å²) in [6, 6.07) is 10.0. The van der Waals surface area contributed by atoms with Crippen molar-refractivity contribution in [1.29, 1.82) is 0 Å². The van der Waals surface area contributed by atoms with Gasteiger partial charge >= 0.3 is 0 Å². The zero-order valence-corrected chi connectivity index (χ0v) is 10.3. The van der Waals surface area contributed by atoms with E-state index in [1.807, 2.05) is 37.3 Å². The molecule has 1 saturated carbocycles. The van der Waals surface area contributed by atoms with Crippen LogP contribution in [0.25, 0.3) is 10.9 Å². The summed E-state index contributed by atoms with van der Waals surface area (Å²) in [6.07, 6.45) is 3.96. The number of rotatable bonds is 2. The number of para-hydroxylation sites is 1. The summed E-state index contributed by atoms with van der Waals surface area (Å²) in [5.41, 5.74) is 1.10. The van der Waals surface area contributed by atoms with Crippen LogP contribution in [0.4, 0.5) is 0 Å². The first-order chi connectivity index (χ1) is 8.05. The molecule has 0 radical (unpaired) electrons. The van der Waals surface area contributed by atoms with Crippen molar-refractivity contribution in [3.63, 3.8) is 0 Å². The average molecular weight is 227 g/mol. The monoisotopic (exact) mass is 227 g/mol. The van der Waals surface area contributed by atoms with E-state index in [1.54, 1.807) is 6.20 Å². The third-order valence-electron chi connectivity index (χ3n) is 4.33. The van der Waals surface area contributed by atoms with Gasteiger partial charge in [-0.1, -0.05) is 31.2 Å². The van der Waals surface area contributed by atoms with E-state index in [2.05, 4.69) is 11.9 Å². The molecule has 1 aliphatic carbocycles. The van der Waals surface area contributed by atoms with Crippen molar-refractivity contribution >= 4 is 10.9 Å². The van der Waals surface area contributed by atoms with Crippen LogP contribution >= 0.6 is 0 Å². The highest BCUT2D eigenvalue weighted by atomic mass is 16.3. The quantitative estimate of drug-likeness (QED) is 0.854. The smallest absolute Gasteiger partial charge is 0.0942 e. The maximum absolute atomic E-state index is 10.8. The fourth-order valence-electron chi connectivity index (χ4n) is 2.50. The Morgan fingerprint density at radius 1 is 1.24 bits per heavy atom. The third kappa shape index (κ3) is 1.48. The number of benzene rings is 1. The largest absolute Gasteiger partial charge is 0.385 e. The maximum Gasteiger partial charge on any atom is 0.0942 e. The molecular formula is C15H17NO. The molecule has 0 aliphatic heterocycles. The van der Waals surface area contributed by atoms with Gasteiger partial charge in [0.15, 0.2) is 0 Å². The van der Waals surface area contributed by atoms with Crippen LogP contribution in [-0.4, -0.2) is 10.1 Å². The molecule has 1 N–H and O–H groups in total. The molecule has 1 aliphatic rings. The Hall–Kier alpha value is -1.41. The summed E-state index contributed by atoms with van der Waals surface area (Å²) in [7, 11) is 0. The summed E-state index contributed by atoms with van der Waals surface area (Å²) >= 11 is 0. The van der Waals surface area contributed by atoms with E-state index in [0.717, 1.165) is 29.3 Å². The molecule has 1 atom stereocenters. The fourth-order valence-corrected chi connectivity index (χ4v) is 2.50. The van der Waals surface area contributed by atoms with Gasteiger partial charge in [0.1, 0.15) is 0 Å². The van der Waals surface area contributed by atoms with Gasteiger partial charge in [-0.05, 0) is 25.8 Å². The summed E-state index contributed by atoms with van der Waals surface area (Å²) in [5.74, 6) is 0. The topological polar surface area (TPSA) is 33.1 Å². The second-order valence-electron chi connectivity index (χ2n) is 5.51. The van der Waals surface area contributed by atoms with Crippen molar-refractivity contribution in [3.8, 4) is 0 Å². The Labute approximate surface area is 101 Å². The molecular weight excluding hydrogens is 210 g/mol. The van der Waals surface area contributed by atoms with Crippen molar-refractivity contribution in [2.75, 3.05) is 0 Å². The van der Waals surface area contributed by atoms with Crippen molar-refractivity contribution in [2.24, 2.45) is 5.41 Å². The number of aliphatic hydroxyl groups is 1. The zero-order chi connectivity index (χ0) is 12.1. The number of nitrogens with zero attached hydrogens (tertiary/aromatic N) is 1. The lowest BCUT2D eigenvalue weighted by molar-refractivity contribution is -0.0114. The minimum absolute atomic E-state index is 0.0127. The Balaban J connectivity index is 2.24. The third-order valence-corrected chi connectivity index (χ3v) is 4.33. The highest BCUT2D eigenvalue weighted by molar-refractivity contribution is 5.82. The van der Waals surface area contributed by atoms with Gasteiger partial charge in [-0.15, -0.1) is 0 Å².